The number of aryl methyl sites for hydroxylation is 2. The number of aromatic nitrogens is 3. The lowest BCUT2D eigenvalue weighted by atomic mass is 10.1. The number of ether oxygens (including phenoxy) is 1. The predicted molar refractivity (Wildman–Crippen MR) is 94.0 cm³/mol. The summed E-state index contributed by atoms with van der Waals surface area (Å²) in [5, 5.41) is 12.8. The van der Waals surface area contributed by atoms with Gasteiger partial charge in [0.1, 0.15) is 18.5 Å². The summed E-state index contributed by atoms with van der Waals surface area (Å²) >= 11 is 0. The number of nitrogens with one attached hydrogen (secondary N) is 1. The number of anilines is 2. The fourth-order valence-corrected chi connectivity index (χ4v) is 2.32. The molecule has 0 bridgehead atoms. The van der Waals surface area contributed by atoms with Crippen LogP contribution in [0.1, 0.15) is 43.3 Å². The van der Waals surface area contributed by atoms with E-state index in [1.54, 1.807) is 6.92 Å². The second-order valence-corrected chi connectivity index (χ2v) is 5.94. The van der Waals surface area contributed by atoms with E-state index in [1.807, 2.05) is 32.9 Å². The minimum atomic E-state index is -0.803. The first kappa shape index (κ1) is 17.9. The van der Waals surface area contributed by atoms with Crippen LogP contribution in [-0.4, -0.2) is 32.7 Å². The van der Waals surface area contributed by atoms with Crippen LogP contribution >= 0.6 is 0 Å². The fraction of sp³-hybridized carbons (Fsp3) is 0.471. The van der Waals surface area contributed by atoms with Crippen LogP contribution < -0.4 is 15.8 Å². The Labute approximate surface area is 142 Å². The summed E-state index contributed by atoms with van der Waals surface area (Å²) in [5.74, 6) is 1.51. The Morgan fingerprint density at radius 2 is 1.83 bits per heavy atom. The zero-order valence-electron chi connectivity index (χ0n) is 14.6. The number of hydrogen-bond donors (Lipinski definition) is 3. The van der Waals surface area contributed by atoms with Gasteiger partial charge >= 0.3 is 0 Å². The van der Waals surface area contributed by atoms with E-state index in [9.17, 15) is 5.11 Å². The van der Waals surface area contributed by atoms with Gasteiger partial charge in [-0.2, -0.15) is 15.0 Å². The van der Waals surface area contributed by atoms with Crippen LogP contribution in [0, 0.1) is 13.8 Å². The largest absolute Gasteiger partial charge is 0.491 e. The first-order valence-electron chi connectivity index (χ1n) is 8.04. The van der Waals surface area contributed by atoms with Crippen molar-refractivity contribution in [2.24, 2.45) is 0 Å². The van der Waals surface area contributed by atoms with Gasteiger partial charge in [-0.3, -0.25) is 0 Å². The van der Waals surface area contributed by atoms with Crippen LogP contribution in [0.4, 0.5) is 11.9 Å². The summed E-state index contributed by atoms with van der Waals surface area (Å²) in [6.45, 7) is 8.18. The Morgan fingerprint density at radius 3 is 2.42 bits per heavy atom. The second kappa shape index (κ2) is 7.92. The third-order valence-corrected chi connectivity index (χ3v) is 3.52. The Bertz CT molecular complexity index is 670. The molecule has 0 saturated carbocycles. The van der Waals surface area contributed by atoms with Crippen molar-refractivity contribution in [3.63, 3.8) is 0 Å². The third-order valence-electron chi connectivity index (χ3n) is 3.52. The molecule has 0 amide bonds. The molecule has 130 valence electrons. The van der Waals surface area contributed by atoms with Crippen LogP contribution in [0.3, 0.4) is 0 Å². The summed E-state index contributed by atoms with van der Waals surface area (Å²) in [7, 11) is 0. The molecular weight excluding hydrogens is 306 g/mol. The molecule has 24 heavy (non-hydrogen) atoms. The van der Waals surface area contributed by atoms with Crippen LogP contribution in [0.5, 0.6) is 5.75 Å². The molecule has 7 heteroatoms. The lowest BCUT2D eigenvalue weighted by Crippen LogP contribution is -2.28. The summed E-state index contributed by atoms with van der Waals surface area (Å²) < 4.78 is 5.89. The van der Waals surface area contributed by atoms with Crippen molar-refractivity contribution in [2.75, 3.05) is 17.7 Å². The van der Waals surface area contributed by atoms with Crippen molar-refractivity contribution < 1.29 is 9.84 Å². The molecule has 2 rings (SSSR count). The van der Waals surface area contributed by atoms with E-state index < -0.39 is 6.10 Å². The summed E-state index contributed by atoms with van der Waals surface area (Å²) in [5.41, 5.74) is 8.00. The van der Waals surface area contributed by atoms with E-state index in [2.05, 4.69) is 26.3 Å². The van der Waals surface area contributed by atoms with Gasteiger partial charge in [0.15, 0.2) is 5.82 Å². The van der Waals surface area contributed by atoms with E-state index >= 15 is 0 Å². The molecular formula is C17H25N5O2. The number of hydrogen-bond acceptors (Lipinski definition) is 7. The van der Waals surface area contributed by atoms with Gasteiger partial charge in [-0.1, -0.05) is 13.0 Å². The van der Waals surface area contributed by atoms with Crippen molar-refractivity contribution in [3.05, 3.63) is 35.2 Å². The quantitative estimate of drug-likeness (QED) is 0.715. The highest BCUT2D eigenvalue weighted by molar-refractivity contribution is 5.34. The Kier molecular flexibility index (Phi) is 5.92. The third kappa shape index (κ3) is 5.06. The topological polar surface area (TPSA) is 106 Å². The highest BCUT2D eigenvalue weighted by Crippen LogP contribution is 2.17. The normalized spacial score (nSPS) is 13.4. The number of nitrogens with zero attached hydrogens (tertiary/aromatic N) is 3. The van der Waals surface area contributed by atoms with Crippen molar-refractivity contribution in [1.82, 2.24) is 15.0 Å². The summed E-state index contributed by atoms with van der Waals surface area (Å²) in [6.07, 6.45) is 0.0165. The zero-order valence-corrected chi connectivity index (χ0v) is 14.6. The molecule has 1 aromatic carbocycles. The van der Waals surface area contributed by atoms with Crippen molar-refractivity contribution in [2.45, 2.75) is 46.3 Å². The van der Waals surface area contributed by atoms with E-state index in [0.29, 0.717) is 12.6 Å². The number of aliphatic hydroxyl groups excluding tert-OH is 1. The number of nitrogens with two attached hydrogens (primary N) is 1. The standard InChI is InChI=1S/C17H25N5O2/c1-5-13(9-24-14-7-10(2)6-11(3)8-14)19-17-21-15(12(4)23)20-16(18)22-17/h6-8,12-13,23H,5,9H2,1-4H3,(H3,18,19,20,21,22). The molecule has 2 unspecified atom stereocenters. The zero-order chi connectivity index (χ0) is 17.7. The van der Waals surface area contributed by atoms with Gasteiger partial charge in [0.25, 0.3) is 0 Å². The van der Waals surface area contributed by atoms with E-state index in [4.69, 9.17) is 10.5 Å². The van der Waals surface area contributed by atoms with Crippen LogP contribution in [-0.2, 0) is 0 Å². The summed E-state index contributed by atoms with van der Waals surface area (Å²) in [4.78, 5) is 12.2. The van der Waals surface area contributed by atoms with Gasteiger partial charge in [0.05, 0.1) is 6.04 Å². The molecule has 0 aliphatic heterocycles. The van der Waals surface area contributed by atoms with Gasteiger partial charge < -0.3 is 20.9 Å². The maximum Gasteiger partial charge on any atom is 0.228 e. The maximum atomic E-state index is 9.61. The average molecular weight is 331 g/mol. The predicted octanol–water partition coefficient (Wildman–Crippen LogP) is 2.39. The molecule has 1 aromatic heterocycles. The molecule has 0 saturated heterocycles. The van der Waals surface area contributed by atoms with Crippen LogP contribution in [0.15, 0.2) is 18.2 Å². The molecule has 0 fully saturated rings. The highest BCUT2D eigenvalue weighted by Gasteiger charge is 2.13. The van der Waals surface area contributed by atoms with E-state index in [0.717, 1.165) is 23.3 Å². The van der Waals surface area contributed by atoms with Crippen LogP contribution in [0.25, 0.3) is 0 Å². The molecule has 2 atom stereocenters. The lowest BCUT2D eigenvalue weighted by molar-refractivity contribution is 0.189. The second-order valence-electron chi connectivity index (χ2n) is 5.94. The first-order valence-corrected chi connectivity index (χ1v) is 8.04. The smallest absolute Gasteiger partial charge is 0.228 e. The molecule has 2 aromatic rings. The van der Waals surface area contributed by atoms with Gasteiger partial charge in [-0.25, -0.2) is 0 Å². The van der Waals surface area contributed by atoms with Crippen molar-refractivity contribution in [1.29, 1.82) is 0 Å². The minimum absolute atomic E-state index is 0.00877. The Morgan fingerprint density at radius 1 is 1.17 bits per heavy atom. The van der Waals surface area contributed by atoms with Crippen molar-refractivity contribution in [3.8, 4) is 5.75 Å². The molecule has 0 spiro atoms. The molecule has 0 radical (unpaired) electrons. The van der Waals surface area contributed by atoms with Crippen LogP contribution in [0.2, 0.25) is 0 Å². The first-order chi connectivity index (χ1) is 11.4. The van der Waals surface area contributed by atoms with Gasteiger partial charge in [0.2, 0.25) is 11.9 Å². The highest BCUT2D eigenvalue weighted by atomic mass is 16.5. The lowest BCUT2D eigenvalue weighted by Gasteiger charge is -2.18. The molecule has 1 heterocycles. The van der Waals surface area contributed by atoms with Gasteiger partial charge in [-0.15, -0.1) is 0 Å². The van der Waals surface area contributed by atoms with E-state index in [1.165, 1.54) is 0 Å². The van der Waals surface area contributed by atoms with Crippen molar-refractivity contribution >= 4 is 11.9 Å². The summed E-state index contributed by atoms with van der Waals surface area (Å²) in [6, 6.07) is 6.13. The van der Waals surface area contributed by atoms with Gasteiger partial charge in [-0.05, 0) is 50.5 Å². The molecule has 7 nitrogen and oxygen atoms in total. The fourth-order valence-electron chi connectivity index (χ4n) is 2.32. The number of nitrogen functional groups attached to an aromatic ring is 1. The number of rotatable bonds is 7. The maximum absolute atomic E-state index is 9.61. The monoisotopic (exact) mass is 331 g/mol. The molecule has 0 aliphatic carbocycles. The minimum Gasteiger partial charge on any atom is -0.491 e. The number of aliphatic hydroxyl groups is 1. The number of benzene rings is 1. The molecule has 0 aliphatic rings. The Hall–Kier alpha value is -2.41. The SMILES string of the molecule is CCC(COc1cc(C)cc(C)c1)Nc1nc(N)nc(C(C)O)n1. The Balaban J connectivity index is 2.04. The molecule has 4 N–H and O–H groups in total. The van der Waals surface area contributed by atoms with E-state index in [-0.39, 0.29) is 17.8 Å². The average Bonchev–Trinajstić information content (AvgIpc) is 2.49. The van der Waals surface area contributed by atoms with Gasteiger partial charge in [0, 0.05) is 0 Å².